The molecule has 2 fully saturated rings. The zero-order chi connectivity index (χ0) is 15.6. The van der Waals surface area contributed by atoms with Gasteiger partial charge < -0.3 is 5.32 Å². The SMILES string of the molecule is O=C(NC1CCC(c2ccccc2)CC1)C1CCS(=O)(=O)C1. The highest BCUT2D eigenvalue weighted by atomic mass is 32.2. The molecule has 4 nitrogen and oxygen atoms in total. The zero-order valence-electron chi connectivity index (χ0n) is 12.7. The number of carbonyl (C=O) groups excluding carboxylic acids is 1. The van der Waals surface area contributed by atoms with E-state index >= 15 is 0 Å². The van der Waals surface area contributed by atoms with Crippen molar-refractivity contribution in [2.45, 2.75) is 44.1 Å². The third-order valence-electron chi connectivity index (χ3n) is 4.95. The molecule has 0 spiro atoms. The smallest absolute Gasteiger partial charge is 0.224 e. The van der Waals surface area contributed by atoms with Gasteiger partial charge in [0.1, 0.15) is 0 Å². The number of sulfone groups is 1. The van der Waals surface area contributed by atoms with Crippen LogP contribution in [0.3, 0.4) is 0 Å². The van der Waals surface area contributed by atoms with Gasteiger partial charge in [-0.25, -0.2) is 8.42 Å². The summed E-state index contributed by atoms with van der Waals surface area (Å²) in [6.45, 7) is 0. The van der Waals surface area contributed by atoms with Crippen LogP contribution in [0, 0.1) is 5.92 Å². The minimum atomic E-state index is -2.99. The molecule has 1 heterocycles. The minimum absolute atomic E-state index is 0.0260. The summed E-state index contributed by atoms with van der Waals surface area (Å²) in [6, 6.07) is 10.7. The normalized spacial score (nSPS) is 30.8. The van der Waals surface area contributed by atoms with Crippen LogP contribution in [-0.2, 0) is 14.6 Å². The Morgan fingerprint density at radius 3 is 2.27 bits per heavy atom. The zero-order valence-corrected chi connectivity index (χ0v) is 13.5. The van der Waals surface area contributed by atoms with Crippen molar-refractivity contribution in [2.24, 2.45) is 5.92 Å². The molecule has 22 heavy (non-hydrogen) atoms. The molecule has 1 aliphatic carbocycles. The fraction of sp³-hybridized carbons (Fsp3) is 0.588. The summed E-state index contributed by atoms with van der Waals surface area (Å²) in [5.74, 6) is 0.367. The Morgan fingerprint density at radius 1 is 1.00 bits per heavy atom. The van der Waals surface area contributed by atoms with E-state index in [1.54, 1.807) is 0 Å². The lowest BCUT2D eigenvalue weighted by Crippen LogP contribution is -2.41. The van der Waals surface area contributed by atoms with Crippen LogP contribution in [0.5, 0.6) is 0 Å². The van der Waals surface area contributed by atoms with Crippen LogP contribution >= 0.6 is 0 Å². The second-order valence-electron chi connectivity index (χ2n) is 6.57. The van der Waals surface area contributed by atoms with E-state index in [-0.39, 0.29) is 29.4 Å². The standard InChI is InChI=1S/C17H23NO3S/c19-17(15-10-11-22(20,21)12-15)18-16-8-6-14(7-9-16)13-4-2-1-3-5-13/h1-5,14-16H,6-12H2,(H,18,19). The quantitative estimate of drug-likeness (QED) is 0.929. The molecular formula is C17H23NO3S. The highest BCUT2D eigenvalue weighted by Gasteiger charge is 2.34. The van der Waals surface area contributed by atoms with Crippen molar-refractivity contribution in [1.29, 1.82) is 0 Å². The molecule has 3 rings (SSSR count). The van der Waals surface area contributed by atoms with Gasteiger partial charge in [-0.05, 0) is 43.6 Å². The number of hydrogen-bond donors (Lipinski definition) is 1. The maximum atomic E-state index is 12.2. The van der Waals surface area contributed by atoms with Crippen LogP contribution < -0.4 is 5.32 Å². The fourth-order valence-electron chi connectivity index (χ4n) is 3.62. The highest BCUT2D eigenvalue weighted by molar-refractivity contribution is 7.91. The van der Waals surface area contributed by atoms with E-state index in [4.69, 9.17) is 0 Å². The Kier molecular flexibility index (Phi) is 4.52. The van der Waals surface area contributed by atoms with Gasteiger partial charge in [0.05, 0.1) is 17.4 Å². The van der Waals surface area contributed by atoms with Gasteiger partial charge in [-0.2, -0.15) is 0 Å². The van der Waals surface area contributed by atoms with Gasteiger partial charge in [0.15, 0.2) is 9.84 Å². The van der Waals surface area contributed by atoms with Crippen molar-refractivity contribution in [3.05, 3.63) is 35.9 Å². The molecule has 1 amide bonds. The average molecular weight is 321 g/mol. The Balaban J connectivity index is 1.49. The maximum Gasteiger partial charge on any atom is 0.224 e. The van der Waals surface area contributed by atoms with Crippen LogP contribution in [0.2, 0.25) is 0 Å². The number of hydrogen-bond acceptors (Lipinski definition) is 3. The fourth-order valence-corrected chi connectivity index (χ4v) is 5.36. The lowest BCUT2D eigenvalue weighted by molar-refractivity contribution is -0.125. The van der Waals surface area contributed by atoms with E-state index in [9.17, 15) is 13.2 Å². The third-order valence-corrected chi connectivity index (χ3v) is 6.72. The summed E-state index contributed by atoms with van der Waals surface area (Å²) in [5, 5.41) is 3.07. The number of carbonyl (C=O) groups is 1. The summed E-state index contributed by atoms with van der Waals surface area (Å²) in [7, 11) is -2.99. The van der Waals surface area contributed by atoms with Crippen molar-refractivity contribution in [2.75, 3.05) is 11.5 Å². The summed E-state index contributed by atoms with van der Waals surface area (Å²) in [6.07, 6.45) is 4.60. The van der Waals surface area contributed by atoms with Crippen LogP contribution in [0.25, 0.3) is 0 Å². The van der Waals surface area contributed by atoms with Crippen LogP contribution in [0.15, 0.2) is 30.3 Å². The molecule has 1 N–H and O–H groups in total. The van der Waals surface area contributed by atoms with E-state index in [1.807, 2.05) is 6.07 Å². The monoisotopic (exact) mass is 321 g/mol. The van der Waals surface area contributed by atoms with Gasteiger partial charge in [-0.1, -0.05) is 30.3 Å². The maximum absolute atomic E-state index is 12.2. The second kappa shape index (κ2) is 6.41. The molecule has 1 saturated carbocycles. The van der Waals surface area contributed by atoms with Crippen molar-refractivity contribution >= 4 is 15.7 Å². The summed E-state index contributed by atoms with van der Waals surface area (Å²) >= 11 is 0. The first-order valence-electron chi connectivity index (χ1n) is 8.09. The first-order valence-corrected chi connectivity index (χ1v) is 9.91. The van der Waals surface area contributed by atoms with E-state index in [0.717, 1.165) is 25.7 Å². The molecule has 1 aromatic rings. The predicted molar refractivity (Wildman–Crippen MR) is 86.3 cm³/mol. The Bertz CT molecular complexity index is 619. The molecule has 5 heteroatoms. The molecular weight excluding hydrogens is 298 g/mol. The lowest BCUT2D eigenvalue weighted by Gasteiger charge is -2.30. The third kappa shape index (κ3) is 3.69. The molecule has 1 atom stereocenters. The largest absolute Gasteiger partial charge is 0.353 e. The summed E-state index contributed by atoms with van der Waals surface area (Å²) < 4.78 is 22.9. The first kappa shape index (κ1) is 15.5. The van der Waals surface area contributed by atoms with Crippen molar-refractivity contribution in [3.8, 4) is 0 Å². The molecule has 120 valence electrons. The molecule has 1 aliphatic heterocycles. The molecule has 0 aromatic heterocycles. The van der Waals surface area contributed by atoms with Crippen molar-refractivity contribution < 1.29 is 13.2 Å². The van der Waals surface area contributed by atoms with Crippen LogP contribution in [0.1, 0.15) is 43.6 Å². The molecule has 1 aromatic carbocycles. The Labute approximate surface area is 132 Å². The number of amides is 1. The van der Waals surface area contributed by atoms with Gasteiger partial charge in [0, 0.05) is 6.04 Å². The van der Waals surface area contributed by atoms with E-state index in [0.29, 0.717) is 12.3 Å². The van der Waals surface area contributed by atoms with E-state index < -0.39 is 9.84 Å². The molecule has 1 saturated heterocycles. The van der Waals surface area contributed by atoms with E-state index in [2.05, 4.69) is 29.6 Å². The van der Waals surface area contributed by atoms with Crippen LogP contribution in [-0.4, -0.2) is 31.9 Å². The van der Waals surface area contributed by atoms with Crippen LogP contribution in [0.4, 0.5) is 0 Å². The minimum Gasteiger partial charge on any atom is -0.353 e. The second-order valence-corrected chi connectivity index (χ2v) is 8.80. The topological polar surface area (TPSA) is 63.2 Å². The summed E-state index contributed by atoms with van der Waals surface area (Å²) in [4.78, 5) is 12.2. The highest BCUT2D eigenvalue weighted by Crippen LogP contribution is 2.33. The number of nitrogens with one attached hydrogen (secondary N) is 1. The Hall–Kier alpha value is -1.36. The number of rotatable bonds is 3. The van der Waals surface area contributed by atoms with E-state index in [1.165, 1.54) is 5.56 Å². The molecule has 0 bridgehead atoms. The first-order chi connectivity index (χ1) is 10.5. The molecule has 2 aliphatic rings. The van der Waals surface area contributed by atoms with Gasteiger partial charge in [-0.3, -0.25) is 4.79 Å². The Morgan fingerprint density at radius 2 is 1.68 bits per heavy atom. The average Bonchev–Trinajstić information content (AvgIpc) is 2.89. The van der Waals surface area contributed by atoms with Gasteiger partial charge >= 0.3 is 0 Å². The molecule has 0 radical (unpaired) electrons. The van der Waals surface area contributed by atoms with Gasteiger partial charge in [-0.15, -0.1) is 0 Å². The lowest BCUT2D eigenvalue weighted by atomic mass is 9.81. The number of benzene rings is 1. The van der Waals surface area contributed by atoms with Gasteiger partial charge in [0.2, 0.25) is 5.91 Å². The predicted octanol–water partition coefficient (Wildman–Crippen LogP) is 2.26. The van der Waals surface area contributed by atoms with Crippen molar-refractivity contribution in [3.63, 3.8) is 0 Å². The van der Waals surface area contributed by atoms with Gasteiger partial charge in [0.25, 0.3) is 0 Å². The molecule has 1 unspecified atom stereocenters. The van der Waals surface area contributed by atoms with Crippen molar-refractivity contribution in [1.82, 2.24) is 5.32 Å². The summed E-state index contributed by atoms with van der Waals surface area (Å²) in [5.41, 5.74) is 1.38.